The van der Waals surface area contributed by atoms with Crippen LogP contribution in [0.15, 0.2) is 17.2 Å². The molecule has 6 nitrogen and oxygen atoms in total. The number of aliphatic carboxylic acids is 1. The van der Waals surface area contributed by atoms with E-state index < -0.39 is 5.97 Å². The van der Waals surface area contributed by atoms with Crippen LogP contribution in [-0.4, -0.2) is 26.7 Å². The van der Waals surface area contributed by atoms with Gasteiger partial charge in [0.1, 0.15) is 0 Å². The fourth-order valence-electron chi connectivity index (χ4n) is 1.79. The van der Waals surface area contributed by atoms with Crippen molar-refractivity contribution in [1.29, 1.82) is 0 Å². The van der Waals surface area contributed by atoms with E-state index in [1.54, 1.807) is 13.2 Å². The lowest BCUT2D eigenvalue weighted by molar-refractivity contribution is -0.137. The highest BCUT2D eigenvalue weighted by molar-refractivity contribution is 5.68. The van der Waals surface area contributed by atoms with E-state index in [2.05, 4.69) is 10.3 Å². The Balaban J connectivity index is 2.14. The van der Waals surface area contributed by atoms with Crippen LogP contribution < -0.4 is 10.9 Å². The van der Waals surface area contributed by atoms with E-state index >= 15 is 0 Å². The molecule has 1 atom stereocenters. The minimum absolute atomic E-state index is 0.0182. The van der Waals surface area contributed by atoms with Crippen LogP contribution in [0.5, 0.6) is 0 Å². The molecule has 1 aliphatic rings. The first-order valence-electron chi connectivity index (χ1n) is 5.58. The number of aromatic nitrogens is 2. The fraction of sp³-hybridized carbons (Fsp3) is 0.545. The maximum absolute atomic E-state index is 11.7. The van der Waals surface area contributed by atoms with Crippen molar-refractivity contribution >= 4 is 11.8 Å². The standard InChI is InChI=1S/C11H15N3O3/c1-14-5-4-12-10(11(14)17)13-8(6-9(15)16)7-2-3-7/h4-5,7-8H,2-3,6H2,1H3,(H,12,13)(H,15,16). The summed E-state index contributed by atoms with van der Waals surface area (Å²) < 4.78 is 1.42. The minimum atomic E-state index is -0.859. The quantitative estimate of drug-likeness (QED) is 0.776. The van der Waals surface area contributed by atoms with E-state index in [1.165, 1.54) is 10.8 Å². The third-order valence-corrected chi connectivity index (χ3v) is 2.92. The maximum Gasteiger partial charge on any atom is 0.305 e. The molecule has 1 unspecified atom stereocenters. The molecule has 6 heteroatoms. The highest BCUT2D eigenvalue weighted by Gasteiger charge is 2.33. The van der Waals surface area contributed by atoms with Crippen molar-refractivity contribution in [3.05, 3.63) is 22.7 Å². The second-order valence-corrected chi connectivity index (χ2v) is 4.38. The molecule has 0 spiro atoms. The Hall–Kier alpha value is -1.85. The zero-order chi connectivity index (χ0) is 12.4. The molecule has 0 aliphatic heterocycles. The number of hydrogen-bond donors (Lipinski definition) is 2. The lowest BCUT2D eigenvalue weighted by Crippen LogP contribution is -2.31. The lowest BCUT2D eigenvalue weighted by Gasteiger charge is -2.16. The number of carboxylic acids is 1. The highest BCUT2D eigenvalue weighted by Crippen LogP contribution is 2.35. The number of hydrogen-bond acceptors (Lipinski definition) is 4. The van der Waals surface area contributed by atoms with Gasteiger partial charge in [0.2, 0.25) is 0 Å². The Kier molecular flexibility index (Phi) is 3.12. The zero-order valence-electron chi connectivity index (χ0n) is 9.59. The van der Waals surface area contributed by atoms with E-state index in [9.17, 15) is 9.59 Å². The molecule has 1 aromatic heterocycles. The first-order chi connectivity index (χ1) is 8.08. The Morgan fingerprint density at radius 3 is 3.00 bits per heavy atom. The van der Waals surface area contributed by atoms with Crippen molar-refractivity contribution in [3.8, 4) is 0 Å². The van der Waals surface area contributed by atoms with Gasteiger partial charge >= 0.3 is 5.97 Å². The van der Waals surface area contributed by atoms with E-state index in [-0.39, 0.29) is 23.8 Å². The SMILES string of the molecule is Cn1ccnc(NC(CC(=O)O)C2CC2)c1=O. The van der Waals surface area contributed by atoms with Crippen LogP contribution >= 0.6 is 0 Å². The van der Waals surface area contributed by atoms with Gasteiger partial charge in [-0.2, -0.15) is 0 Å². The van der Waals surface area contributed by atoms with Gasteiger partial charge in [0.05, 0.1) is 6.42 Å². The van der Waals surface area contributed by atoms with Crippen molar-refractivity contribution < 1.29 is 9.90 Å². The number of carboxylic acid groups (broad SMARTS) is 1. The normalized spacial score (nSPS) is 16.5. The molecule has 1 aliphatic carbocycles. The van der Waals surface area contributed by atoms with Gasteiger partial charge in [-0.15, -0.1) is 0 Å². The second kappa shape index (κ2) is 4.57. The molecule has 1 saturated carbocycles. The third-order valence-electron chi connectivity index (χ3n) is 2.92. The Morgan fingerprint density at radius 1 is 1.71 bits per heavy atom. The average Bonchev–Trinajstić information content (AvgIpc) is 3.06. The molecule has 92 valence electrons. The molecule has 0 amide bonds. The van der Waals surface area contributed by atoms with Gasteiger partial charge in [-0.05, 0) is 18.8 Å². The van der Waals surface area contributed by atoms with Crippen LogP contribution in [0, 0.1) is 5.92 Å². The lowest BCUT2D eigenvalue weighted by atomic mass is 10.1. The van der Waals surface area contributed by atoms with Gasteiger partial charge in [0, 0.05) is 25.5 Å². The zero-order valence-corrected chi connectivity index (χ0v) is 9.59. The Labute approximate surface area is 98.3 Å². The van der Waals surface area contributed by atoms with Crippen molar-refractivity contribution in [2.75, 3.05) is 5.32 Å². The molecule has 1 heterocycles. The molecule has 0 aromatic carbocycles. The number of anilines is 1. The van der Waals surface area contributed by atoms with Crippen LogP contribution in [0.25, 0.3) is 0 Å². The molecule has 0 radical (unpaired) electrons. The monoisotopic (exact) mass is 237 g/mol. The average molecular weight is 237 g/mol. The summed E-state index contributed by atoms with van der Waals surface area (Å²) in [5, 5.41) is 11.8. The number of carbonyl (C=O) groups is 1. The van der Waals surface area contributed by atoms with Gasteiger partial charge in [0.15, 0.2) is 5.82 Å². The van der Waals surface area contributed by atoms with Crippen molar-refractivity contribution in [2.45, 2.75) is 25.3 Å². The van der Waals surface area contributed by atoms with E-state index in [0.29, 0.717) is 5.92 Å². The van der Waals surface area contributed by atoms with Crippen LogP contribution in [-0.2, 0) is 11.8 Å². The molecular weight excluding hydrogens is 222 g/mol. The van der Waals surface area contributed by atoms with Crippen molar-refractivity contribution in [3.63, 3.8) is 0 Å². The molecule has 0 bridgehead atoms. The van der Waals surface area contributed by atoms with Crippen LogP contribution in [0.3, 0.4) is 0 Å². The summed E-state index contributed by atoms with van der Waals surface area (Å²) in [6.45, 7) is 0. The van der Waals surface area contributed by atoms with E-state index in [1.807, 2.05) is 0 Å². The highest BCUT2D eigenvalue weighted by atomic mass is 16.4. The maximum atomic E-state index is 11.7. The third kappa shape index (κ3) is 2.83. The molecular formula is C11H15N3O3. The molecule has 1 fully saturated rings. The molecule has 17 heavy (non-hydrogen) atoms. The van der Waals surface area contributed by atoms with Gasteiger partial charge in [-0.1, -0.05) is 0 Å². The summed E-state index contributed by atoms with van der Waals surface area (Å²) in [5.74, 6) is -0.284. The first kappa shape index (κ1) is 11.6. The van der Waals surface area contributed by atoms with Crippen LogP contribution in [0.1, 0.15) is 19.3 Å². The van der Waals surface area contributed by atoms with E-state index in [0.717, 1.165) is 12.8 Å². The molecule has 0 saturated heterocycles. The number of nitrogens with one attached hydrogen (secondary N) is 1. The van der Waals surface area contributed by atoms with Gasteiger partial charge in [0.25, 0.3) is 5.56 Å². The predicted molar refractivity (Wildman–Crippen MR) is 61.9 cm³/mol. The largest absolute Gasteiger partial charge is 0.481 e. The smallest absolute Gasteiger partial charge is 0.305 e. The first-order valence-corrected chi connectivity index (χ1v) is 5.58. The molecule has 1 aromatic rings. The van der Waals surface area contributed by atoms with Crippen molar-refractivity contribution in [2.24, 2.45) is 13.0 Å². The summed E-state index contributed by atoms with van der Waals surface area (Å²) in [4.78, 5) is 26.4. The molecule has 2 N–H and O–H groups in total. The summed E-state index contributed by atoms with van der Waals surface area (Å²) in [6, 6.07) is -0.199. The predicted octanol–water partition coefficient (Wildman–Crippen LogP) is 0.445. The number of rotatable bonds is 5. The van der Waals surface area contributed by atoms with Crippen molar-refractivity contribution in [1.82, 2.24) is 9.55 Å². The summed E-state index contributed by atoms with van der Waals surface area (Å²) in [5.41, 5.74) is -0.233. The Morgan fingerprint density at radius 2 is 2.41 bits per heavy atom. The van der Waals surface area contributed by atoms with Gasteiger partial charge in [-0.25, -0.2) is 4.98 Å². The summed E-state index contributed by atoms with van der Waals surface area (Å²) in [7, 11) is 1.64. The fourth-order valence-corrected chi connectivity index (χ4v) is 1.79. The summed E-state index contributed by atoms with van der Waals surface area (Å²) >= 11 is 0. The van der Waals surface area contributed by atoms with Crippen LogP contribution in [0.2, 0.25) is 0 Å². The molecule has 2 rings (SSSR count). The minimum Gasteiger partial charge on any atom is -0.481 e. The van der Waals surface area contributed by atoms with Gasteiger partial charge < -0.3 is 15.0 Å². The summed E-state index contributed by atoms with van der Waals surface area (Å²) in [6.07, 6.45) is 5.13. The van der Waals surface area contributed by atoms with E-state index in [4.69, 9.17) is 5.11 Å². The number of nitrogens with zero attached hydrogens (tertiary/aromatic N) is 2. The van der Waals surface area contributed by atoms with Gasteiger partial charge in [-0.3, -0.25) is 9.59 Å². The topological polar surface area (TPSA) is 84.2 Å². The second-order valence-electron chi connectivity index (χ2n) is 4.38. The number of aryl methyl sites for hydroxylation is 1. The van der Waals surface area contributed by atoms with Crippen LogP contribution in [0.4, 0.5) is 5.82 Å². The Bertz CT molecular complexity index is 479.